The van der Waals surface area contributed by atoms with Gasteiger partial charge in [-0.2, -0.15) is 5.26 Å². The Labute approximate surface area is 242 Å². The fourth-order valence-corrected chi connectivity index (χ4v) is 6.49. The molecule has 8 rings (SSSR count). The molecule has 0 saturated heterocycles. The maximum atomic E-state index is 10.4. The predicted molar refractivity (Wildman–Crippen MR) is 172 cm³/mol. The quantitative estimate of drug-likeness (QED) is 0.224. The van der Waals surface area contributed by atoms with Crippen LogP contribution in [0.3, 0.4) is 0 Å². The Morgan fingerprint density at radius 1 is 0.548 bits per heavy atom. The minimum atomic E-state index is 0.619. The molecule has 0 N–H and O–H groups in total. The molecule has 0 unspecified atom stereocenters. The van der Waals surface area contributed by atoms with E-state index < -0.39 is 0 Å². The van der Waals surface area contributed by atoms with E-state index in [2.05, 4.69) is 130 Å². The fraction of sp³-hybridized carbons (Fsp3) is 0.0263. The second-order valence-corrected chi connectivity index (χ2v) is 10.4. The number of ether oxygens (including phenoxy) is 1. The fourth-order valence-electron chi connectivity index (χ4n) is 6.49. The molecule has 0 aliphatic carbocycles. The number of para-hydroxylation sites is 5. The largest absolute Gasteiger partial charge is 0.495 e. The van der Waals surface area contributed by atoms with Gasteiger partial charge in [0.05, 0.1) is 46.1 Å². The topological polar surface area (TPSA) is 42.9 Å². The van der Waals surface area contributed by atoms with Crippen molar-refractivity contribution in [3.8, 4) is 34.3 Å². The smallest absolute Gasteiger partial charge is 0.142 e. The lowest BCUT2D eigenvalue weighted by Crippen LogP contribution is -2.02. The first-order valence-electron chi connectivity index (χ1n) is 14.0. The molecular weight excluding hydrogens is 514 g/mol. The maximum Gasteiger partial charge on any atom is 0.142 e. The number of aromatic nitrogens is 2. The Balaban J connectivity index is 1.46. The molecule has 0 aliphatic rings. The van der Waals surface area contributed by atoms with E-state index in [4.69, 9.17) is 4.74 Å². The molecule has 0 radical (unpaired) electrons. The highest BCUT2D eigenvalue weighted by Gasteiger charge is 2.21. The molecule has 2 aromatic heterocycles. The Morgan fingerprint density at radius 2 is 1.05 bits per heavy atom. The van der Waals surface area contributed by atoms with E-state index in [0.29, 0.717) is 5.56 Å². The number of rotatable bonds is 4. The molecule has 6 aromatic carbocycles. The normalized spacial score (nSPS) is 11.4. The molecule has 4 heteroatoms. The standard InChI is InChI=1S/C38H25N3O/c1-42-37-22-21-25(23-36(37)40-32-17-6-2-12-28(32)29-13-3-7-18-33(29)40)27-16-10-11-26(24-39)38(27)41-34-19-8-4-14-30(34)31-15-5-9-20-35(31)41/h2-23H,1H3. The van der Waals surface area contributed by atoms with Gasteiger partial charge in [0.2, 0.25) is 0 Å². The van der Waals surface area contributed by atoms with Crippen LogP contribution >= 0.6 is 0 Å². The van der Waals surface area contributed by atoms with Crippen molar-refractivity contribution in [2.24, 2.45) is 0 Å². The first-order valence-corrected chi connectivity index (χ1v) is 14.0. The second-order valence-electron chi connectivity index (χ2n) is 10.4. The van der Waals surface area contributed by atoms with E-state index in [1.54, 1.807) is 7.11 Å². The summed E-state index contributed by atoms with van der Waals surface area (Å²) in [6, 6.07) is 48.5. The van der Waals surface area contributed by atoms with E-state index in [-0.39, 0.29) is 0 Å². The van der Waals surface area contributed by atoms with Gasteiger partial charge < -0.3 is 13.9 Å². The summed E-state index contributed by atoms with van der Waals surface area (Å²) < 4.78 is 10.5. The van der Waals surface area contributed by atoms with Gasteiger partial charge in [0.1, 0.15) is 11.8 Å². The lowest BCUT2D eigenvalue weighted by molar-refractivity contribution is 0.413. The average Bonchev–Trinajstić information content (AvgIpc) is 3.57. The summed E-state index contributed by atoms with van der Waals surface area (Å²) in [5, 5.41) is 15.1. The Bertz CT molecular complexity index is 2260. The highest BCUT2D eigenvalue weighted by Crippen LogP contribution is 2.41. The van der Waals surface area contributed by atoms with Crippen LogP contribution in [0.15, 0.2) is 133 Å². The number of nitrogens with zero attached hydrogens (tertiary/aromatic N) is 3. The number of hydrogen-bond acceptors (Lipinski definition) is 2. The lowest BCUT2D eigenvalue weighted by atomic mass is 9.99. The van der Waals surface area contributed by atoms with Gasteiger partial charge in [-0.1, -0.05) is 91.0 Å². The van der Waals surface area contributed by atoms with Crippen molar-refractivity contribution in [1.82, 2.24) is 9.13 Å². The molecular formula is C38H25N3O. The van der Waals surface area contributed by atoms with Gasteiger partial charge >= 0.3 is 0 Å². The van der Waals surface area contributed by atoms with E-state index in [1.807, 2.05) is 18.2 Å². The molecule has 0 spiro atoms. The zero-order chi connectivity index (χ0) is 28.2. The van der Waals surface area contributed by atoms with Crippen molar-refractivity contribution in [2.45, 2.75) is 0 Å². The summed E-state index contributed by atoms with van der Waals surface area (Å²) in [6.07, 6.45) is 0. The third kappa shape index (κ3) is 3.41. The number of methoxy groups -OCH3 is 1. The first kappa shape index (κ1) is 24.0. The van der Waals surface area contributed by atoms with Crippen LogP contribution in [0.5, 0.6) is 5.75 Å². The van der Waals surface area contributed by atoms with Gasteiger partial charge in [0, 0.05) is 27.1 Å². The number of hydrogen-bond donors (Lipinski definition) is 0. The van der Waals surface area contributed by atoms with Gasteiger partial charge in [-0.25, -0.2) is 0 Å². The summed E-state index contributed by atoms with van der Waals surface area (Å²) >= 11 is 0. The molecule has 0 amide bonds. The van der Waals surface area contributed by atoms with Gasteiger partial charge in [-0.3, -0.25) is 0 Å². The minimum absolute atomic E-state index is 0.619. The number of nitriles is 1. The summed E-state index contributed by atoms with van der Waals surface area (Å²) in [7, 11) is 1.71. The summed E-state index contributed by atoms with van der Waals surface area (Å²) in [4.78, 5) is 0. The van der Waals surface area contributed by atoms with Gasteiger partial charge in [-0.05, 0) is 48.0 Å². The predicted octanol–water partition coefficient (Wildman–Crippen LogP) is 9.43. The molecule has 0 bridgehead atoms. The molecule has 4 nitrogen and oxygen atoms in total. The lowest BCUT2D eigenvalue weighted by Gasteiger charge is -2.18. The third-order valence-corrected chi connectivity index (χ3v) is 8.27. The summed E-state index contributed by atoms with van der Waals surface area (Å²) in [6.45, 7) is 0. The summed E-state index contributed by atoms with van der Waals surface area (Å²) in [5.41, 5.74) is 8.78. The highest BCUT2D eigenvalue weighted by molar-refractivity contribution is 6.11. The van der Waals surface area contributed by atoms with Crippen LogP contribution in [-0.2, 0) is 0 Å². The molecule has 0 fully saturated rings. The van der Waals surface area contributed by atoms with Crippen LogP contribution in [-0.4, -0.2) is 16.2 Å². The van der Waals surface area contributed by atoms with E-state index in [9.17, 15) is 5.26 Å². The van der Waals surface area contributed by atoms with Gasteiger partial charge in [0.15, 0.2) is 0 Å². The highest BCUT2D eigenvalue weighted by atomic mass is 16.5. The van der Waals surface area contributed by atoms with Gasteiger partial charge in [0.25, 0.3) is 0 Å². The van der Waals surface area contributed by atoms with Crippen LogP contribution < -0.4 is 4.74 Å². The van der Waals surface area contributed by atoms with Gasteiger partial charge in [-0.15, -0.1) is 0 Å². The molecule has 0 aliphatic heterocycles. The van der Waals surface area contributed by atoms with Crippen molar-refractivity contribution < 1.29 is 4.74 Å². The van der Waals surface area contributed by atoms with E-state index in [0.717, 1.165) is 61.1 Å². The monoisotopic (exact) mass is 539 g/mol. The van der Waals surface area contributed by atoms with Crippen LogP contribution in [0.2, 0.25) is 0 Å². The Morgan fingerprint density at radius 3 is 1.55 bits per heavy atom. The zero-order valence-electron chi connectivity index (χ0n) is 23.0. The SMILES string of the molecule is COc1ccc(-c2cccc(C#N)c2-n2c3ccccc3c3ccccc32)cc1-n1c2ccccc2c2ccccc21. The molecule has 0 atom stereocenters. The van der Waals surface area contributed by atoms with E-state index in [1.165, 1.54) is 10.8 Å². The molecule has 42 heavy (non-hydrogen) atoms. The minimum Gasteiger partial charge on any atom is -0.495 e. The zero-order valence-corrected chi connectivity index (χ0v) is 23.0. The van der Waals surface area contributed by atoms with E-state index >= 15 is 0 Å². The van der Waals surface area contributed by atoms with Crippen molar-refractivity contribution >= 4 is 43.6 Å². The number of benzene rings is 6. The molecule has 0 saturated carbocycles. The maximum absolute atomic E-state index is 10.4. The average molecular weight is 540 g/mol. The van der Waals surface area contributed by atoms with Crippen LogP contribution in [0.4, 0.5) is 0 Å². The van der Waals surface area contributed by atoms with Crippen molar-refractivity contribution in [3.05, 3.63) is 139 Å². The van der Waals surface area contributed by atoms with Crippen molar-refractivity contribution in [1.29, 1.82) is 5.26 Å². The van der Waals surface area contributed by atoms with Crippen molar-refractivity contribution in [3.63, 3.8) is 0 Å². The third-order valence-electron chi connectivity index (χ3n) is 8.27. The Hall–Kier alpha value is -5.79. The van der Waals surface area contributed by atoms with Crippen molar-refractivity contribution in [2.75, 3.05) is 7.11 Å². The number of fused-ring (bicyclic) bond motifs is 6. The van der Waals surface area contributed by atoms with Crippen LogP contribution in [0.25, 0.3) is 66.1 Å². The van der Waals surface area contributed by atoms with Crippen LogP contribution in [0, 0.1) is 11.3 Å². The molecule has 198 valence electrons. The van der Waals surface area contributed by atoms with Crippen LogP contribution in [0.1, 0.15) is 5.56 Å². The second kappa shape index (κ2) is 9.40. The molecule has 2 heterocycles. The summed E-state index contributed by atoms with van der Waals surface area (Å²) in [5.74, 6) is 0.778. The molecule has 8 aromatic rings. The Kier molecular flexibility index (Phi) is 5.38. The first-order chi connectivity index (χ1) is 20.8.